The van der Waals surface area contributed by atoms with E-state index in [-0.39, 0.29) is 18.0 Å². The molecule has 2 aromatic rings. The zero-order chi connectivity index (χ0) is 14.7. The number of nitrogens with zero attached hydrogens (tertiary/aromatic N) is 1. The predicted molar refractivity (Wildman–Crippen MR) is 81.5 cm³/mol. The van der Waals surface area contributed by atoms with Crippen molar-refractivity contribution in [3.63, 3.8) is 0 Å². The maximum absolute atomic E-state index is 14.2. The molecule has 21 heavy (non-hydrogen) atoms. The second kappa shape index (κ2) is 6.22. The van der Waals surface area contributed by atoms with Crippen molar-refractivity contribution in [2.45, 2.75) is 37.8 Å². The second-order valence-electron chi connectivity index (χ2n) is 5.57. The Morgan fingerprint density at radius 2 is 1.76 bits per heavy atom. The summed E-state index contributed by atoms with van der Waals surface area (Å²) in [6.45, 7) is 0. The van der Waals surface area contributed by atoms with Gasteiger partial charge in [0, 0.05) is 17.8 Å². The molecule has 110 valence electrons. The molecule has 1 aliphatic rings. The quantitative estimate of drug-likeness (QED) is 0.906. The van der Waals surface area contributed by atoms with Crippen LogP contribution in [0.25, 0.3) is 11.1 Å². The van der Waals surface area contributed by atoms with Gasteiger partial charge in [-0.3, -0.25) is 0 Å². The molecule has 1 heterocycles. The molecule has 0 unspecified atom stereocenters. The fourth-order valence-electron chi connectivity index (χ4n) is 2.75. The fraction of sp³-hybridized carbons (Fsp3) is 0.353. The number of pyridine rings is 1. The van der Waals surface area contributed by atoms with Gasteiger partial charge in [0.25, 0.3) is 0 Å². The Balaban J connectivity index is 1.73. The summed E-state index contributed by atoms with van der Waals surface area (Å²) in [5.41, 5.74) is 1.73. The largest absolute Gasteiger partial charge is 0.393 e. The minimum Gasteiger partial charge on any atom is -0.393 e. The third-order valence-electron chi connectivity index (χ3n) is 3.99. The van der Waals surface area contributed by atoms with Gasteiger partial charge < -0.3 is 10.4 Å². The lowest BCUT2D eigenvalue weighted by Gasteiger charge is -2.26. The molecule has 0 bridgehead atoms. The number of benzene rings is 1. The highest BCUT2D eigenvalue weighted by molar-refractivity contribution is 5.63. The minimum atomic E-state index is -0.331. The van der Waals surface area contributed by atoms with Crippen LogP contribution in [0.15, 0.2) is 42.6 Å². The number of aliphatic hydroxyl groups excluding tert-OH is 1. The number of halogens is 1. The lowest BCUT2D eigenvalue weighted by molar-refractivity contribution is 0.126. The molecule has 0 amide bonds. The van der Waals surface area contributed by atoms with Crippen molar-refractivity contribution in [3.05, 3.63) is 48.4 Å². The topological polar surface area (TPSA) is 45.1 Å². The van der Waals surface area contributed by atoms with E-state index >= 15 is 0 Å². The molecule has 0 radical (unpaired) electrons. The number of hydrogen-bond acceptors (Lipinski definition) is 3. The molecule has 1 aromatic heterocycles. The van der Waals surface area contributed by atoms with Gasteiger partial charge in [-0.25, -0.2) is 9.37 Å². The van der Waals surface area contributed by atoms with Crippen LogP contribution in [0.2, 0.25) is 0 Å². The average Bonchev–Trinajstić information content (AvgIpc) is 2.52. The monoisotopic (exact) mass is 286 g/mol. The number of rotatable bonds is 3. The summed E-state index contributed by atoms with van der Waals surface area (Å²) in [6.07, 6.45) is 4.72. The van der Waals surface area contributed by atoms with Crippen LogP contribution in [-0.4, -0.2) is 22.2 Å². The SMILES string of the molecule is O[C@H]1CC[C@H](Nc2ncc(-c3ccccc3)cc2F)CC1. The van der Waals surface area contributed by atoms with E-state index in [1.165, 1.54) is 6.07 Å². The maximum Gasteiger partial charge on any atom is 0.166 e. The van der Waals surface area contributed by atoms with Crippen molar-refractivity contribution in [1.82, 2.24) is 4.98 Å². The van der Waals surface area contributed by atoms with Crippen molar-refractivity contribution < 1.29 is 9.50 Å². The van der Waals surface area contributed by atoms with E-state index in [4.69, 9.17) is 0 Å². The maximum atomic E-state index is 14.2. The van der Waals surface area contributed by atoms with E-state index in [2.05, 4.69) is 10.3 Å². The van der Waals surface area contributed by atoms with Gasteiger partial charge in [0.1, 0.15) is 0 Å². The highest BCUT2D eigenvalue weighted by Crippen LogP contribution is 2.25. The van der Waals surface area contributed by atoms with Crippen molar-refractivity contribution in [2.24, 2.45) is 0 Å². The summed E-state index contributed by atoms with van der Waals surface area (Å²) in [7, 11) is 0. The first kappa shape index (κ1) is 14.0. The van der Waals surface area contributed by atoms with Crippen LogP contribution in [0, 0.1) is 5.82 Å². The van der Waals surface area contributed by atoms with Crippen molar-refractivity contribution in [2.75, 3.05) is 5.32 Å². The van der Waals surface area contributed by atoms with Crippen LogP contribution in [0.3, 0.4) is 0 Å². The zero-order valence-corrected chi connectivity index (χ0v) is 11.8. The Hall–Kier alpha value is -1.94. The lowest BCUT2D eigenvalue weighted by Crippen LogP contribution is -2.28. The molecule has 1 fully saturated rings. The Bertz CT molecular complexity index is 595. The Kier molecular flexibility index (Phi) is 4.15. The second-order valence-corrected chi connectivity index (χ2v) is 5.57. The molecule has 0 aliphatic heterocycles. The Morgan fingerprint density at radius 1 is 1.05 bits per heavy atom. The average molecular weight is 286 g/mol. The summed E-state index contributed by atoms with van der Waals surface area (Å²) in [5.74, 6) is -0.0291. The third-order valence-corrected chi connectivity index (χ3v) is 3.99. The zero-order valence-electron chi connectivity index (χ0n) is 11.8. The predicted octanol–water partition coefficient (Wildman–Crippen LogP) is 3.60. The molecule has 2 N–H and O–H groups in total. The van der Waals surface area contributed by atoms with Gasteiger partial charge in [-0.15, -0.1) is 0 Å². The van der Waals surface area contributed by atoms with E-state index in [1.807, 2.05) is 30.3 Å². The highest BCUT2D eigenvalue weighted by atomic mass is 19.1. The lowest BCUT2D eigenvalue weighted by atomic mass is 9.93. The molecule has 3 nitrogen and oxygen atoms in total. The van der Waals surface area contributed by atoms with Gasteiger partial charge in [-0.05, 0) is 37.3 Å². The first-order chi connectivity index (χ1) is 10.2. The molecule has 3 rings (SSSR count). The summed E-state index contributed by atoms with van der Waals surface area (Å²) < 4.78 is 14.2. The molecular formula is C17H19FN2O. The standard InChI is InChI=1S/C17H19FN2O/c18-16-10-13(12-4-2-1-3-5-12)11-19-17(16)20-14-6-8-15(21)9-7-14/h1-5,10-11,14-15,21H,6-9H2,(H,19,20)/t14-,15-. The first-order valence-electron chi connectivity index (χ1n) is 7.38. The van der Waals surface area contributed by atoms with E-state index in [1.54, 1.807) is 6.20 Å². The van der Waals surface area contributed by atoms with Gasteiger partial charge in [-0.2, -0.15) is 0 Å². The minimum absolute atomic E-state index is 0.193. The number of nitrogens with one attached hydrogen (secondary N) is 1. The number of hydrogen-bond donors (Lipinski definition) is 2. The van der Waals surface area contributed by atoms with E-state index in [0.29, 0.717) is 5.82 Å². The van der Waals surface area contributed by atoms with E-state index < -0.39 is 0 Å². The van der Waals surface area contributed by atoms with Crippen LogP contribution in [0.4, 0.5) is 10.2 Å². The van der Waals surface area contributed by atoms with Crippen LogP contribution in [0.1, 0.15) is 25.7 Å². The number of aliphatic hydroxyl groups is 1. The molecule has 4 heteroatoms. The smallest absolute Gasteiger partial charge is 0.166 e. The molecule has 1 aromatic carbocycles. The molecule has 1 aliphatic carbocycles. The fourth-order valence-corrected chi connectivity index (χ4v) is 2.75. The molecule has 0 saturated heterocycles. The molecule has 0 spiro atoms. The van der Waals surface area contributed by atoms with Crippen molar-refractivity contribution in [1.29, 1.82) is 0 Å². The molecule has 0 atom stereocenters. The van der Waals surface area contributed by atoms with Gasteiger partial charge in [0.05, 0.1) is 6.10 Å². The molecular weight excluding hydrogens is 267 g/mol. The third kappa shape index (κ3) is 3.39. The van der Waals surface area contributed by atoms with E-state index in [0.717, 1.165) is 36.8 Å². The van der Waals surface area contributed by atoms with Gasteiger partial charge in [0.15, 0.2) is 11.6 Å². The molecule has 1 saturated carbocycles. The highest BCUT2D eigenvalue weighted by Gasteiger charge is 2.20. The van der Waals surface area contributed by atoms with Crippen molar-refractivity contribution in [3.8, 4) is 11.1 Å². The Morgan fingerprint density at radius 3 is 2.43 bits per heavy atom. The van der Waals surface area contributed by atoms with E-state index in [9.17, 15) is 9.50 Å². The van der Waals surface area contributed by atoms with Crippen LogP contribution in [0.5, 0.6) is 0 Å². The summed E-state index contributed by atoms with van der Waals surface area (Å²) in [6, 6.07) is 11.4. The summed E-state index contributed by atoms with van der Waals surface area (Å²) in [5, 5.41) is 12.6. The van der Waals surface area contributed by atoms with Gasteiger partial charge in [0.2, 0.25) is 0 Å². The van der Waals surface area contributed by atoms with Gasteiger partial charge >= 0.3 is 0 Å². The first-order valence-corrected chi connectivity index (χ1v) is 7.38. The summed E-state index contributed by atoms with van der Waals surface area (Å²) >= 11 is 0. The Labute approximate surface area is 123 Å². The van der Waals surface area contributed by atoms with Crippen LogP contribution < -0.4 is 5.32 Å². The normalized spacial score (nSPS) is 22.0. The summed E-state index contributed by atoms with van der Waals surface area (Å²) in [4.78, 5) is 4.22. The van der Waals surface area contributed by atoms with Crippen LogP contribution in [-0.2, 0) is 0 Å². The number of anilines is 1. The number of aromatic nitrogens is 1. The van der Waals surface area contributed by atoms with Gasteiger partial charge in [-0.1, -0.05) is 30.3 Å². The van der Waals surface area contributed by atoms with Crippen LogP contribution >= 0.6 is 0 Å². The van der Waals surface area contributed by atoms with Crippen molar-refractivity contribution >= 4 is 5.82 Å².